The van der Waals surface area contributed by atoms with Gasteiger partial charge in [-0.3, -0.25) is 0 Å². The lowest BCUT2D eigenvalue weighted by molar-refractivity contribution is 0.624. The number of aryl methyl sites for hydroxylation is 1. The van der Waals surface area contributed by atoms with Gasteiger partial charge < -0.3 is 5.73 Å². The molecule has 1 aromatic rings. The Bertz CT molecular complexity index is 315. The van der Waals surface area contributed by atoms with Crippen LogP contribution in [0.15, 0.2) is 12.1 Å². The van der Waals surface area contributed by atoms with Crippen LogP contribution in [0.1, 0.15) is 18.4 Å². The molecule has 0 aliphatic heterocycles. The molecule has 1 aromatic carbocycles. The van der Waals surface area contributed by atoms with Gasteiger partial charge >= 0.3 is 0 Å². The quantitative estimate of drug-likeness (QED) is 0.629. The van der Waals surface area contributed by atoms with Crippen LogP contribution in [-0.4, -0.2) is 6.54 Å². The average molecular weight is 236 g/mol. The molecule has 0 fully saturated rings. The fourth-order valence-electron chi connectivity index (χ4n) is 1.25. The van der Waals surface area contributed by atoms with Crippen LogP contribution in [0, 0.1) is 5.82 Å². The van der Waals surface area contributed by atoms with Crippen LogP contribution in [0.5, 0.6) is 0 Å². The van der Waals surface area contributed by atoms with Crippen LogP contribution >= 0.6 is 23.2 Å². The maximum absolute atomic E-state index is 13.1. The first-order valence-electron chi connectivity index (χ1n) is 4.48. The molecule has 4 heteroatoms. The molecule has 0 aliphatic rings. The van der Waals surface area contributed by atoms with Crippen molar-refractivity contribution in [3.8, 4) is 0 Å². The third-order valence-electron chi connectivity index (χ3n) is 1.97. The van der Waals surface area contributed by atoms with E-state index in [-0.39, 0.29) is 5.02 Å². The SMILES string of the molecule is NCCCCc1cc(Cl)cc(F)c1Cl. The van der Waals surface area contributed by atoms with Gasteiger partial charge in [0.05, 0.1) is 5.02 Å². The number of halogens is 3. The van der Waals surface area contributed by atoms with Crippen molar-refractivity contribution < 1.29 is 4.39 Å². The largest absolute Gasteiger partial charge is 0.330 e. The monoisotopic (exact) mass is 235 g/mol. The second-order valence-electron chi connectivity index (χ2n) is 3.11. The highest BCUT2D eigenvalue weighted by molar-refractivity contribution is 6.33. The minimum absolute atomic E-state index is 0.173. The van der Waals surface area contributed by atoms with Gasteiger partial charge in [-0.25, -0.2) is 4.39 Å². The van der Waals surface area contributed by atoms with E-state index >= 15 is 0 Å². The zero-order valence-corrected chi connectivity index (χ0v) is 9.21. The minimum Gasteiger partial charge on any atom is -0.330 e. The van der Waals surface area contributed by atoms with Gasteiger partial charge in [0.2, 0.25) is 0 Å². The Morgan fingerprint density at radius 3 is 2.57 bits per heavy atom. The molecule has 0 amide bonds. The van der Waals surface area contributed by atoms with Gasteiger partial charge in [-0.05, 0) is 43.5 Å². The van der Waals surface area contributed by atoms with Crippen molar-refractivity contribution >= 4 is 23.2 Å². The molecule has 78 valence electrons. The van der Waals surface area contributed by atoms with Gasteiger partial charge in [-0.15, -0.1) is 0 Å². The fraction of sp³-hybridized carbons (Fsp3) is 0.400. The van der Waals surface area contributed by atoms with Crippen LogP contribution in [0.2, 0.25) is 10.0 Å². The molecule has 1 nitrogen and oxygen atoms in total. The van der Waals surface area contributed by atoms with Gasteiger partial charge in [0, 0.05) is 5.02 Å². The molecule has 0 aromatic heterocycles. The number of nitrogens with two attached hydrogens (primary N) is 1. The topological polar surface area (TPSA) is 26.0 Å². The predicted molar refractivity (Wildman–Crippen MR) is 58.4 cm³/mol. The highest BCUT2D eigenvalue weighted by Gasteiger charge is 2.07. The summed E-state index contributed by atoms with van der Waals surface area (Å²) in [5.74, 6) is -0.457. The first-order valence-corrected chi connectivity index (χ1v) is 5.24. The third kappa shape index (κ3) is 3.12. The maximum atomic E-state index is 13.1. The molecule has 0 spiro atoms. The Hall–Kier alpha value is -0.310. The lowest BCUT2D eigenvalue weighted by Gasteiger charge is -2.05. The molecule has 2 N–H and O–H groups in total. The van der Waals surface area contributed by atoms with Crippen LogP contribution in [0.4, 0.5) is 4.39 Å². The summed E-state index contributed by atoms with van der Waals surface area (Å²) < 4.78 is 13.1. The van der Waals surface area contributed by atoms with Crippen molar-refractivity contribution in [2.75, 3.05) is 6.54 Å². The highest BCUT2D eigenvalue weighted by Crippen LogP contribution is 2.25. The smallest absolute Gasteiger partial charge is 0.143 e. The maximum Gasteiger partial charge on any atom is 0.143 e. The molecule has 0 bridgehead atoms. The summed E-state index contributed by atoms with van der Waals surface area (Å²) >= 11 is 11.5. The Kier molecular flexibility index (Phi) is 4.66. The number of unbranched alkanes of at least 4 members (excludes halogenated alkanes) is 1. The zero-order chi connectivity index (χ0) is 10.6. The molecule has 0 heterocycles. The van der Waals surface area contributed by atoms with E-state index in [1.54, 1.807) is 6.07 Å². The normalized spacial score (nSPS) is 10.6. The molecule has 0 aliphatic carbocycles. The van der Waals surface area contributed by atoms with E-state index in [0.29, 0.717) is 18.0 Å². The van der Waals surface area contributed by atoms with E-state index in [1.165, 1.54) is 6.07 Å². The summed E-state index contributed by atoms with van der Waals surface area (Å²) in [6, 6.07) is 2.92. The molecule has 0 saturated heterocycles. The van der Waals surface area contributed by atoms with Gasteiger partial charge in [-0.2, -0.15) is 0 Å². The standard InChI is InChI=1S/C10H12Cl2FN/c11-8-5-7(3-1-2-4-14)10(12)9(13)6-8/h5-6H,1-4,14H2. The van der Waals surface area contributed by atoms with Crippen LogP contribution in [0.25, 0.3) is 0 Å². The summed E-state index contributed by atoms with van der Waals surface area (Å²) in [5, 5.41) is 0.557. The van der Waals surface area contributed by atoms with E-state index in [0.717, 1.165) is 18.4 Å². The fourth-order valence-corrected chi connectivity index (χ4v) is 1.68. The summed E-state index contributed by atoms with van der Waals surface area (Å²) in [5.41, 5.74) is 6.11. The number of hydrogen-bond acceptors (Lipinski definition) is 1. The minimum atomic E-state index is -0.457. The molecule has 0 saturated carbocycles. The number of benzene rings is 1. The Labute approximate surface area is 93.0 Å². The zero-order valence-electron chi connectivity index (χ0n) is 7.69. The first-order chi connectivity index (χ1) is 6.65. The van der Waals surface area contributed by atoms with Crippen molar-refractivity contribution in [1.29, 1.82) is 0 Å². The van der Waals surface area contributed by atoms with Gasteiger partial charge in [0.25, 0.3) is 0 Å². The van der Waals surface area contributed by atoms with E-state index in [2.05, 4.69) is 0 Å². The summed E-state index contributed by atoms with van der Waals surface area (Å²) in [7, 11) is 0. The summed E-state index contributed by atoms with van der Waals surface area (Å²) in [4.78, 5) is 0. The molecule has 1 rings (SSSR count). The van der Waals surface area contributed by atoms with Gasteiger partial charge in [-0.1, -0.05) is 23.2 Å². The Morgan fingerprint density at radius 1 is 1.21 bits per heavy atom. The molecular weight excluding hydrogens is 224 g/mol. The first kappa shape index (κ1) is 11.8. The number of hydrogen-bond donors (Lipinski definition) is 1. The van der Waals surface area contributed by atoms with E-state index in [4.69, 9.17) is 28.9 Å². The van der Waals surface area contributed by atoms with Crippen molar-refractivity contribution in [3.05, 3.63) is 33.6 Å². The Balaban J connectivity index is 2.75. The van der Waals surface area contributed by atoms with Crippen LogP contribution in [-0.2, 0) is 6.42 Å². The second kappa shape index (κ2) is 5.54. The molecule has 14 heavy (non-hydrogen) atoms. The van der Waals surface area contributed by atoms with Crippen LogP contribution in [0.3, 0.4) is 0 Å². The van der Waals surface area contributed by atoms with Gasteiger partial charge in [0.15, 0.2) is 0 Å². The average Bonchev–Trinajstić information content (AvgIpc) is 2.13. The van der Waals surface area contributed by atoms with E-state index in [9.17, 15) is 4.39 Å². The highest BCUT2D eigenvalue weighted by atomic mass is 35.5. The lowest BCUT2D eigenvalue weighted by atomic mass is 10.1. The van der Waals surface area contributed by atoms with E-state index < -0.39 is 5.82 Å². The summed E-state index contributed by atoms with van der Waals surface area (Å²) in [6.45, 7) is 0.640. The van der Waals surface area contributed by atoms with Crippen molar-refractivity contribution in [2.24, 2.45) is 5.73 Å². The third-order valence-corrected chi connectivity index (χ3v) is 2.61. The molecule has 0 atom stereocenters. The second-order valence-corrected chi connectivity index (χ2v) is 3.92. The van der Waals surface area contributed by atoms with Gasteiger partial charge in [0.1, 0.15) is 5.82 Å². The van der Waals surface area contributed by atoms with Crippen molar-refractivity contribution in [3.63, 3.8) is 0 Å². The predicted octanol–water partition coefficient (Wildman–Crippen LogP) is 3.41. The summed E-state index contributed by atoms with van der Waals surface area (Å²) in [6.07, 6.45) is 2.52. The molecule has 0 unspecified atom stereocenters. The molecular formula is C10H12Cl2FN. The van der Waals surface area contributed by atoms with Crippen LogP contribution < -0.4 is 5.73 Å². The van der Waals surface area contributed by atoms with E-state index in [1.807, 2.05) is 0 Å². The molecule has 0 radical (unpaired) electrons. The van der Waals surface area contributed by atoms with Crippen molar-refractivity contribution in [2.45, 2.75) is 19.3 Å². The lowest BCUT2D eigenvalue weighted by Crippen LogP contribution is -1.99. The van der Waals surface area contributed by atoms with Crippen molar-refractivity contribution in [1.82, 2.24) is 0 Å². The Morgan fingerprint density at radius 2 is 1.93 bits per heavy atom. The number of rotatable bonds is 4.